The molecule has 1 aromatic carbocycles. The number of methoxy groups -OCH3 is 1. The number of rotatable bonds is 4. The summed E-state index contributed by atoms with van der Waals surface area (Å²) in [5, 5.41) is 4.96. The van der Waals surface area contributed by atoms with Gasteiger partial charge in [-0.05, 0) is 37.1 Å². The minimum Gasteiger partial charge on any atom is -0.493 e. The minimum atomic E-state index is -0.309. The summed E-state index contributed by atoms with van der Waals surface area (Å²) in [4.78, 5) is 0. The molecule has 1 unspecified atom stereocenters. The van der Waals surface area contributed by atoms with E-state index in [1.54, 1.807) is 13.3 Å². The summed E-state index contributed by atoms with van der Waals surface area (Å²) >= 11 is 6.06. The summed E-state index contributed by atoms with van der Waals surface area (Å²) in [5.41, 5.74) is 9.34. The quantitative estimate of drug-likeness (QED) is 0.936. The highest BCUT2D eigenvalue weighted by atomic mass is 35.5. The highest BCUT2D eigenvalue weighted by Gasteiger charge is 2.21. The second-order valence-electron chi connectivity index (χ2n) is 4.39. The van der Waals surface area contributed by atoms with Gasteiger partial charge >= 0.3 is 0 Å². The first-order valence-corrected chi connectivity index (χ1v) is 6.57. The molecule has 0 spiro atoms. The van der Waals surface area contributed by atoms with Gasteiger partial charge < -0.3 is 10.5 Å². The van der Waals surface area contributed by atoms with Crippen LogP contribution in [0.25, 0.3) is 0 Å². The molecule has 1 atom stereocenters. The summed E-state index contributed by atoms with van der Waals surface area (Å²) in [6.45, 7) is 4.78. The van der Waals surface area contributed by atoms with Crippen molar-refractivity contribution in [2.75, 3.05) is 7.11 Å². The summed E-state index contributed by atoms with van der Waals surface area (Å²) in [7, 11) is 1.62. The molecule has 0 radical (unpaired) electrons. The topological polar surface area (TPSA) is 53.1 Å². The van der Waals surface area contributed by atoms with Gasteiger partial charge in [-0.15, -0.1) is 0 Å². The molecule has 2 rings (SSSR count). The molecule has 5 heteroatoms. The average Bonchev–Trinajstić information content (AvgIpc) is 2.83. The summed E-state index contributed by atoms with van der Waals surface area (Å²) in [5.74, 6) is 0.703. The molecule has 0 fully saturated rings. The average molecular weight is 280 g/mol. The fourth-order valence-electron chi connectivity index (χ4n) is 2.19. The van der Waals surface area contributed by atoms with Gasteiger partial charge in [-0.2, -0.15) is 5.10 Å². The Morgan fingerprint density at radius 3 is 2.84 bits per heavy atom. The number of hydrogen-bond acceptors (Lipinski definition) is 3. The Hall–Kier alpha value is -1.52. The molecule has 102 valence electrons. The van der Waals surface area contributed by atoms with Gasteiger partial charge in [-0.25, -0.2) is 0 Å². The lowest BCUT2D eigenvalue weighted by Crippen LogP contribution is -2.19. The van der Waals surface area contributed by atoms with E-state index in [2.05, 4.69) is 5.10 Å². The van der Waals surface area contributed by atoms with Gasteiger partial charge in [0.1, 0.15) is 5.69 Å². The molecule has 2 aromatic rings. The second kappa shape index (κ2) is 5.63. The van der Waals surface area contributed by atoms with Gasteiger partial charge in [0.2, 0.25) is 0 Å². The molecule has 4 nitrogen and oxygen atoms in total. The van der Waals surface area contributed by atoms with E-state index >= 15 is 0 Å². The van der Waals surface area contributed by atoms with Crippen LogP contribution in [0, 0.1) is 6.92 Å². The van der Waals surface area contributed by atoms with E-state index in [9.17, 15) is 0 Å². The van der Waals surface area contributed by atoms with Crippen LogP contribution in [0.2, 0.25) is 5.02 Å². The standard InChI is InChI=1S/C14H18ClN3O/c1-4-18-14(12(19-3)8-17-18)13(16)11-7-10(15)6-5-9(11)2/h5-8,13H,4,16H2,1-3H3. The first-order valence-electron chi connectivity index (χ1n) is 6.19. The van der Waals surface area contributed by atoms with Gasteiger partial charge in [0.15, 0.2) is 5.75 Å². The second-order valence-corrected chi connectivity index (χ2v) is 4.83. The van der Waals surface area contributed by atoms with Crippen molar-refractivity contribution < 1.29 is 4.74 Å². The molecule has 0 saturated heterocycles. The fourth-order valence-corrected chi connectivity index (χ4v) is 2.37. The molecule has 1 heterocycles. The van der Waals surface area contributed by atoms with Crippen LogP contribution in [0.15, 0.2) is 24.4 Å². The molecule has 0 aliphatic carbocycles. The van der Waals surface area contributed by atoms with Crippen LogP contribution in [0.5, 0.6) is 5.75 Å². The maximum absolute atomic E-state index is 6.38. The van der Waals surface area contributed by atoms with Crippen molar-refractivity contribution in [1.29, 1.82) is 0 Å². The minimum absolute atomic E-state index is 0.309. The van der Waals surface area contributed by atoms with Gasteiger partial charge in [-0.3, -0.25) is 4.68 Å². The summed E-state index contributed by atoms with van der Waals surface area (Å²) < 4.78 is 7.20. The van der Waals surface area contributed by atoms with E-state index in [4.69, 9.17) is 22.1 Å². The normalized spacial score (nSPS) is 12.5. The Morgan fingerprint density at radius 2 is 2.21 bits per heavy atom. The largest absolute Gasteiger partial charge is 0.493 e. The third-order valence-corrected chi connectivity index (χ3v) is 3.47. The first kappa shape index (κ1) is 13.9. The molecule has 1 aromatic heterocycles. The Balaban J connectivity index is 2.51. The number of ether oxygens (including phenoxy) is 1. The Kier molecular flexibility index (Phi) is 4.12. The molecule has 0 aliphatic heterocycles. The van der Waals surface area contributed by atoms with Crippen molar-refractivity contribution in [2.45, 2.75) is 26.4 Å². The third-order valence-electron chi connectivity index (χ3n) is 3.24. The van der Waals surface area contributed by atoms with Crippen molar-refractivity contribution in [3.05, 3.63) is 46.2 Å². The molecule has 19 heavy (non-hydrogen) atoms. The summed E-state index contributed by atoms with van der Waals surface area (Å²) in [6, 6.07) is 5.42. The third kappa shape index (κ3) is 2.60. The molecule has 0 amide bonds. The van der Waals surface area contributed by atoms with Crippen molar-refractivity contribution in [3.8, 4) is 5.75 Å². The van der Waals surface area contributed by atoms with Crippen LogP contribution in [0.4, 0.5) is 0 Å². The van der Waals surface area contributed by atoms with E-state index in [0.717, 1.165) is 23.4 Å². The van der Waals surface area contributed by atoms with E-state index in [1.807, 2.05) is 36.7 Å². The van der Waals surface area contributed by atoms with Crippen LogP contribution < -0.4 is 10.5 Å². The van der Waals surface area contributed by atoms with E-state index < -0.39 is 0 Å². The lowest BCUT2D eigenvalue weighted by atomic mass is 9.99. The molecule has 0 bridgehead atoms. The number of nitrogens with two attached hydrogens (primary N) is 1. The number of hydrogen-bond donors (Lipinski definition) is 1. The number of aryl methyl sites for hydroxylation is 2. The predicted molar refractivity (Wildman–Crippen MR) is 76.7 cm³/mol. The van der Waals surface area contributed by atoms with Gasteiger partial charge in [-0.1, -0.05) is 17.7 Å². The maximum Gasteiger partial charge on any atom is 0.161 e. The van der Waals surface area contributed by atoms with Gasteiger partial charge in [0.05, 0.1) is 19.3 Å². The lowest BCUT2D eigenvalue weighted by Gasteiger charge is -2.17. The molecular weight excluding hydrogens is 262 g/mol. The highest BCUT2D eigenvalue weighted by molar-refractivity contribution is 6.30. The highest BCUT2D eigenvalue weighted by Crippen LogP contribution is 2.31. The van der Waals surface area contributed by atoms with E-state index in [-0.39, 0.29) is 6.04 Å². The molecule has 2 N–H and O–H groups in total. The molecular formula is C14H18ClN3O. The maximum atomic E-state index is 6.38. The van der Waals surface area contributed by atoms with Crippen molar-refractivity contribution >= 4 is 11.6 Å². The zero-order chi connectivity index (χ0) is 14.0. The zero-order valence-electron chi connectivity index (χ0n) is 11.4. The smallest absolute Gasteiger partial charge is 0.161 e. The van der Waals surface area contributed by atoms with E-state index in [1.165, 1.54) is 0 Å². The van der Waals surface area contributed by atoms with Gasteiger partial charge in [0, 0.05) is 11.6 Å². The number of nitrogens with zero attached hydrogens (tertiary/aromatic N) is 2. The van der Waals surface area contributed by atoms with Crippen LogP contribution in [-0.2, 0) is 6.54 Å². The van der Waals surface area contributed by atoms with Crippen molar-refractivity contribution in [1.82, 2.24) is 9.78 Å². The van der Waals surface area contributed by atoms with E-state index in [0.29, 0.717) is 10.8 Å². The number of halogens is 1. The first-order chi connectivity index (χ1) is 9.08. The molecule has 0 aliphatic rings. The van der Waals surface area contributed by atoms with Gasteiger partial charge in [0.25, 0.3) is 0 Å². The van der Waals surface area contributed by atoms with Crippen LogP contribution in [0.1, 0.15) is 29.8 Å². The van der Waals surface area contributed by atoms with Crippen LogP contribution in [-0.4, -0.2) is 16.9 Å². The zero-order valence-corrected chi connectivity index (χ0v) is 12.1. The van der Waals surface area contributed by atoms with Crippen LogP contribution >= 0.6 is 11.6 Å². The van der Waals surface area contributed by atoms with Crippen molar-refractivity contribution in [3.63, 3.8) is 0 Å². The fraction of sp³-hybridized carbons (Fsp3) is 0.357. The SMILES string of the molecule is CCn1ncc(OC)c1C(N)c1cc(Cl)ccc1C. The van der Waals surface area contributed by atoms with Crippen LogP contribution in [0.3, 0.4) is 0 Å². The Bertz CT molecular complexity index is 559. The Morgan fingerprint density at radius 1 is 1.47 bits per heavy atom. The molecule has 0 saturated carbocycles. The predicted octanol–water partition coefficient (Wildman–Crippen LogP) is 2.92. The Labute approximate surface area is 118 Å². The lowest BCUT2D eigenvalue weighted by molar-refractivity contribution is 0.404. The number of aromatic nitrogens is 2. The monoisotopic (exact) mass is 279 g/mol. The van der Waals surface area contributed by atoms with Crippen molar-refractivity contribution in [2.24, 2.45) is 5.73 Å². The number of benzene rings is 1. The summed E-state index contributed by atoms with van der Waals surface area (Å²) in [6.07, 6.45) is 1.69.